The molecule has 0 spiro atoms. The third-order valence-corrected chi connectivity index (χ3v) is 3.48. The van der Waals surface area contributed by atoms with Gasteiger partial charge in [-0.15, -0.1) is 0 Å². The van der Waals surface area contributed by atoms with E-state index in [-0.39, 0.29) is 29.2 Å². The van der Waals surface area contributed by atoms with Crippen LogP contribution in [0.15, 0.2) is 12.1 Å². The van der Waals surface area contributed by atoms with Gasteiger partial charge in [-0.25, -0.2) is 17.6 Å². The molecule has 0 fully saturated rings. The third-order valence-electron chi connectivity index (χ3n) is 2.56. The fraction of sp³-hybridized carbons (Fsp3) is 0.364. The number of carbonyl (C=O) groups is 1. The molecule has 1 aromatic rings. The summed E-state index contributed by atoms with van der Waals surface area (Å²) in [4.78, 5) is 12.2. The van der Waals surface area contributed by atoms with Gasteiger partial charge in [0.1, 0.15) is 15.7 Å². The van der Waals surface area contributed by atoms with Crippen LogP contribution in [0.5, 0.6) is 0 Å². The van der Waals surface area contributed by atoms with Crippen molar-refractivity contribution in [2.75, 3.05) is 36.2 Å². The number of nitrogens with two attached hydrogens (primary N) is 1. The zero-order chi connectivity index (χ0) is 14.8. The van der Waals surface area contributed by atoms with E-state index in [4.69, 9.17) is 10.8 Å². The van der Waals surface area contributed by atoms with Crippen molar-refractivity contribution in [3.63, 3.8) is 0 Å². The fourth-order valence-corrected chi connectivity index (χ4v) is 2.08. The molecule has 0 aliphatic carbocycles. The number of rotatable bonds is 5. The zero-order valence-electron chi connectivity index (χ0n) is 10.6. The lowest BCUT2D eigenvalue weighted by molar-refractivity contribution is 0.0698. The molecule has 19 heavy (non-hydrogen) atoms. The van der Waals surface area contributed by atoms with Crippen LogP contribution in [-0.2, 0) is 9.84 Å². The minimum Gasteiger partial charge on any atom is -0.478 e. The van der Waals surface area contributed by atoms with E-state index in [0.717, 1.165) is 18.4 Å². The smallest absolute Gasteiger partial charge is 0.337 e. The number of benzene rings is 1. The predicted octanol–water partition coefficient (Wildman–Crippen LogP) is 0.587. The Hall–Kier alpha value is -1.83. The van der Waals surface area contributed by atoms with Crippen molar-refractivity contribution >= 4 is 27.2 Å². The van der Waals surface area contributed by atoms with Crippen LogP contribution >= 0.6 is 0 Å². The molecule has 106 valence electrons. The van der Waals surface area contributed by atoms with E-state index < -0.39 is 21.6 Å². The van der Waals surface area contributed by atoms with Gasteiger partial charge in [-0.2, -0.15) is 0 Å². The molecule has 0 saturated heterocycles. The molecule has 0 amide bonds. The van der Waals surface area contributed by atoms with Crippen LogP contribution in [0, 0.1) is 5.82 Å². The molecule has 1 rings (SSSR count). The SMILES string of the molecule is CN(CCS(C)(=O)=O)c1cc(C(=O)O)c(N)cc1F. The van der Waals surface area contributed by atoms with Gasteiger partial charge < -0.3 is 15.7 Å². The van der Waals surface area contributed by atoms with Gasteiger partial charge in [-0.3, -0.25) is 0 Å². The number of halogens is 1. The lowest BCUT2D eigenvalue weighted by atomic mass is 10.1. The molecule has 1 aromatic carbocycles. The molecule has 0 heterocycles. The van der Waals surface area contributed by atoms with Crippen molar-refractivity contribution in [3.05, 3.63) is 23.5 Å². The Morgan fingerprint density at radius 3 is 2.53 bits per heavy atom. The molecule has 8 heteroatoms. The van der Waals surface area contributed by atoms with Crippen LogP contribution in [0.3, 0.4) is 0 Å². The first-order valence-corrected chi connectivity index (χ1v) is 7.39. The Morgan fingerprint density at radius 1 is 1.47 bits per heavy atom. The van der Waals surface area contributed by atoms with Gasteiger partial charge in [-0.05, 0) is 12.1 Å². The summed E-state index contributed by atoms with van der Waals surface area (Å²) in [6.07, 6.45) is 1.07. The first kappa shape index (κ1) is 15.2. The second-order valence-electron chi connectivity index (χ2n) is 4.25. The number of nitrogens with zero attached hydrogens (tertiary/aromatic N) is 1. The highest BCUT2D eigenvalue weighted by molar-refractivity contribution is 7.90. The number of sulfone groups is 1. The standard InChI is InChI=1S/C11H15FN2O4S/c1-14(3-4-19(2,17)18)10-5-7(11(15)16)9(13)6-8(10)12/h5-6H,3-4,13H2,1-2H3,(H,15,16). The number of hydrogen-bond acceptors (Lipinski definition) is 5. The summed E-state index contributed by atoms with van der Waals surface area (Å²) in [5.74, 6) is -2.12. The summed E-state index contributed by atoms with van der Waals surface area (Å²) in [5, 5.41) is 8.91. The van der Waals surface area contributed by atoms with E-state index in [1.807, 2.05) is 0 Å². The highest BCUT2D eigenvalue weighted by Crippen LogP contribution is 2.24. The van der Waals surface area contributed by atoms with Crippen molar-refractivity contribution in [1.29, 1.82) is 0 Å². The number of carboxylic acids is 1. The number of aromatic carboxylic acids is 1. The molecule has 0 aliphatic rings. The maximum atomic E-state index is 13.7. The Morgan fingerprint density at radius 2 is 2.05 bits per heavy atom. The topological polar surface area (TPSA) is 101 Å². The largest absolute Gasteiger partial charge is 0.478 e. The summed E-state index contributed by atoms with van der Waals surface area (Å²) >= 11 is 0. The molecular formula is C11H15FN2O4S. The van der Waals surface area contributed by atoms with Crippen LogP contribution in [0.1, 0.15) is 10.4 Å². The van der Waals surface area contributed by atoms with Crippen LogP contribution < -0.4 is 10.6 Å². The fourth-order valence-electron chi connectivity index (χ4n) is 1.48. The summed E-state index contributed by atoms with van der Waals surface area (Å²) < 4.78 is 35.8. The molecule has 0 radical (unpaired) electrons. The first-order valence-electron chi connectivity index (χ1n) is 5.33. The quantitative estimate of drug-likeness (QED) is 0.770. The lowest BCUT2D eigenvalue weighted by Crippen LogP contribution is -2.26. The van der Waals surface area contributed by atoms with E-state index >= 15 is 0 Å². The molecule has 3 N–H and O–H groups in total. The van der Waals surface area contributed by atoms with Gasteiger partial charge >= 0.3 is 5.97 Å². The van der Waals surface area contributed by atoms with Crippen LogP contribution in [0.25, 0.3) is 0 Å². The molecule has 0 bridgehead atoms. The molecule has 0 saturated carbocycles. The molecule has 6 nitrogen and oxygen atoms in total. The van der Waals surface area contributed by atoms with E-state index in [0.29, 0.717) is 0 Å². The van der Waals surface area contributed by atoms with E-state index in [1.54, 1.807) is 0 Å². The normalized spacial score (nSPS) is 11.3. The Balaban J connectivity index is 3.06. The summed E-state index contributed by atoms with van der Waals surface area (Å²) in [5.41, 5.74) is 5.00. The first-order chi connectivity index (χ1) is 8.61. The number of hydrogen-bond donors (Lipinski definition) is 2. The van der Waals surface area contributed by atoms with Crippen molar-refractivity contribution in [2.45, 2.75) is 0 Å². The molecule has 0 unspecified atom stereocenters. The molecule has 0 aromatic heterocycles. The van der Waals surface area contributed by atoms with Gasteiger partial charge in [0.2, 0.25) is 0 Å². The van der Waals surface area contributed by atoms with Crippen LogP contribution in [0.4, 0.5) is 15.8 Å². The zero-order valence-corrected chi connectivity index (χ0v) is 11.4. The summed E-state index contributed by atoms with van der Waals surface area (Å²) in [6.45, 7) is 0.0543. The Labute approximate surface area is 110 Å². The van der Waals surface area contributed by atoms with Crippen molar-refractivity contribution < 1.29 is 22.7 Å². The monoisotopic (exact) mass is 290 g/mol. The maximum absolute atomic E-state index is 13.7. The second kappa shape index (κ2) is 5.43. The average molecular weight is 290 g/mol. The van der Waals surface area contributed by atoms with Gasteiger partial charge in [0.25, 0.3) is 0 Å². The average Bonchev–Trinajstić information content (AvgIpc) is 2.24. The Kier molecular flexibility index (Phi) is 4.35. The summed E-state index contributed by atoms with van der Waals surface area (Å²) in [7, 11) is -1.70. The van der Waals surface area contributed by atoms with Crippen LogP contribution in [0.2, 0.25) is 0 Å². The summed E-state index contributed by atoms with van der Waals surface area (Å²) in [6, 6.07) is 2.00. The molecule has 0 aliphatic heterocycles. The van der Waals surface area contributed by atoms with Crippen molar-refractivity contribution in [1.82, 2.24) is 0 Å². The molecule has 0 atom stereocenters. The number of carboxylic acid groups (broad SMARTS) is 1. The van der Waals surface area contributed by atoms with Crippen LogP contribution in [-0.4, -0.2) is 45.1 Å². The minimum atomic E-state index is -3.18. The maximum Gasteiger partial charge on any atom is 0.337 e. The van der Waals surface area contributed by atoms with Gasteiger partial charge in [-0.1, -0.05) is 0 Å². The van der Waals surface area contributed by atoms with Gasteiger partial charge in [0, 0.05) is 25.5 Å². The van der Waals surface area contributed by atoms with Gasteiger partial charge in [0.15, 0.2) is 0 Å². The van der Waals surface area contributed by atoms with E-state index in [9.17, 15) is 17.6 Å². The predicted molar refractivity (Wildman–Crippen MR) is 70.8 cm³/mol. The third kappa shape index (κ3) is 4.09. The number of nitrogen functional groups attached to an aromatic ring is 1. The minimum absolute atomic E-state index is 0.00440. The lowest BCUT2D eigenvalue weighted by Gasteiger charge is -2.20. The number of anilines is 2. The highest BCUT2D eigenvalue weighted by atomic mass is 32.2. The van der Waals surface area contributed by atoms with Crippen molar-refractivity contribution in [3.8, 4) is 0 Å². The Bertz CT molecular complexity index is 601. The second-order valence-corrected chi connectivity index (χ2v) is 6.51. The van der Waals surface area contributed by atoms with E-state index in [2.05, 4.69) is 0 Å². The van der Waals surface area contributed by atoms with E-state index in [1.165, 1.54) is 11.9 Å². The van der Waals surface area contributed by atoms with Gasteiger partial charge in [0.05, 0.1) is 17.0 Å². The highest BCUT2D eigenvalue weighted by Gasteiger charge is 2.16. The molecular weight excluding hydrogens is 275 g/mol. The van der Waals surface area contributed by atoms with Crippen molar-refractivity contribution in [2.24, 2.45) is 0 Å².